The van der Waals surface area contributed by atoms with Gasteiger partial charge in [0.25, 0.3) is 0 Å². The average Bonchev–Trinajstić information content (AvgIpc) is 2.90. The summed E-state index contributed by atoms with van der Waals surface area (Å²) >= 11 is 6.07. The van der Waals surface area contributed by atoms with E-state index in [4.69, 9.17) is 11.6 Å². The summed E-state index contributed by atoms with van der Waals surface area (Å²) in [4.78, 5) is 29.4. The van der Waals surface area contributed by atoms with Crippen molar-refractivity contribution in [2.75, 3.05) is 13.1 Å². The first kappa shape index (κ1) is 27.9. The van der Waals surface area contributed by atoms with Crippen molar-refractivity contribution < 1.29 is 14.7 Å². The number of piperidine rings is 1. The second kappa shape index (κ2) is 11.3. The first-order valence-electron chi connectivity index (χ1n) is 13.2. The molecule has 6 heteroatoms. The van der Waals surface area contributed by atoms with Crippen LogP contribution in [0, 0.1) is 11.3 Å². The third kappa shape index (κ3) is 5.64. The lowest BCUT2D eigenvalue weighted by Crippen LogP contribution is -2.60. The van der Waals surface area contributed by atoms with Gasteiger partial charge in [0.05, 0.1) is 11.5 Å². The molecule has 0 aliphatic carbocycles. The standard InChI is InChI=1S/C32H37ClN2O3/c1-22(2)28(34-29(36)27(23-11-7-5-8-12-23)24-13-9-6-10-14-24)30(37)35-20-19-32(38,31(3,4)21-35)25-15-17-26(33)18-16-25/h5-18,22,27-28,38H,19-21H2,1-4H3,(H,34,36)/t28-,32+/m1/s1. The third-order valence-corrected chi connectivity index (χ3v) is 8.09. The highest BCUT2D eigenvalue weighted by Gasteiger charge is 2.50. The number of rotatable bonds is 7. The molecule has 2 N–H and O–H groups in total. The second-order valence-electron chi connectivity index (χ2n) is 11.2. The first-order valence-corrected chi connectivity index (χ1v) is 13.6. The summed E-state index contributed by atoms with van der Waals surface area (Å²) in [5, 5.41) is 15.4. The maximum absolute atomic E-state index is 13.9. The fourth-order valence-electron chi connectivity index (χ4n) is 5.50. The third-order valence-electron chi connectivity index (χ3n) is 7.84. The molecule has 1 aliphatic rings. The lowest BCUT2D eigenvalue weighted by atomic mass is 9.66. The van der Waals surface area contributed by atoms with Crippen molar-refractivity contribution in [3.8, 4) is 0 Å². The minimum absolute atomic E-state index is 0.112. The van der Waals surface area contributed by atoms with Crippen molar-refractivity contribution in [2.24, 2.45) is 11.3 Å². The molecule has 1 aliphatic heterocycles. The van der Waals surface area contributed by atoms with Crippen molar-refractivity contribution in [2.45, 2.75) is 51.7 Å². The summed E-state index contributed by atoms with van der Waals surface area (Å²) in [5.41, 5.74) is 0.825. The van der Waals surface area contributed by atoms with E-state index in [0.29, 0.717) is 24.5 Å². The van der Waals surface area contributed by atoms with Gasteiger partial charge in [-0.05, 0) is 41.2 Å². The fourth-order valence-corrected chi connectivity index (χ4v) is 5.63. The quantitative estimate of drug-likeness (QED) is 0.406. The van der Waals surface area contributed by atoms with Gasteiger partial charge in [-0.3, -0.25) is 9.59 Å². The Morgan fingerprint density at radius 2 is 1.42 bits per heavy atom. The summed E-state index contributed by atoms with van der Waals surface area (Å²) in [5.74, 6) is -0.971. The van der Waals surface area contributed by atoms with Crippen LogP contribution in [0.1, 0.15) is 56.7 Å². The van der Waals surface area contributed by atoms with E-state index in [1.165, 1.54) is 0 Å². The summed E-state index contributed by atoms with van der Waals surface area (Å²) < 4.78 is 0. The van der Waals surface area contributed by atoms with Crippen LogP contribution in [0.5, 0.6) is 0 Å². The number of aliphatic hydroxyl groups is 1. The molecule has 4 rings (SSSR count). The smallest absolute Gasteiger partial charge is 0.245 e. The minimum atomic E-state index is -1.10. The fraction of sp³-hybridized carbons (Fsp3) is 0.375. The lowest BCUT2D eigenvalue weighted by Gasteiger charge is -2.51. The minimum Gasteiger partial charge on any atom is -0.384 e. The average molecular weight is 533 g/mol. The van der Waals surface area contributed by atoms with Crippen LogP contribution >= 0.6 is 11.6 Å². The van der Waals surface area contributed by atoms with Gasteiger partial charge >= 0.3 is 0 Å². The van der Waals surface area contributed by atoms with E-state index >= 15 is 0 Å². The Hall–Kier alpha value is -3.15. The Morgan fingerprint density at radius 3 is 1.89 bits per heavy atom. The molecule has 0 aromatic heterocycles. The van der Waals surface area contributed by atoms with E-state index in [1.807, 2.05) is 100 Å². The van der Waals surface area contributed by atoms with Gasteiger partial charge in [-0.1, -0.05) is 112 Å². The SMILES string of the molecule is CC(C)[C@@H](NC(=O)C(c1ccccc1)c1ccccc1)C(=O)N1CC[C@](O)(c2ccc(Cl)cc2)C(C)(C)C1. The maximum atomic E-state index is 13.9. The Labute approximate surface area is 230 Å². The van der Waals surface area contributed by atoms with Crippen LogP contribution in [-0.2, 0) is 15.2 Å². The summed E-state index contributed by atoms with van der Waals surface area (Å²) in [6.45, 7) is 8.60. The number of carbonyl (C=O) groups is 2. The zero-order valence-corrected chi connectivity index (χ0v) is 23.3. The van der Waals surface area contributed by atoms with Crippen LogP contribution in [-0.4, -0.2) is 41.0 Å². The van der Waals surface area contributed by atoms with Gasteiger partial charge in [-0.25, -0.2) is 0 Å². The molecule has 2 amide bonds. The van der Waals surface area contributed by atoms with E-state index in [1.54, 1.807) is 17.0 Å². The molecule has 5 nitrogen and oxygen atoms in total. The largest absolute Gasteiger partial charge is 0.384 e. The number of nitrogens with one attached hydrogen (secondary N) is 1. The van der Waals surface area contributed by atoms with E-state index < -0.39 is 23.0 Å². The van der Waals surface area contributed by atoms with Crippen molar-refractivity contribution in [1.29, 1.82) is 0 Å². The van der Waals surface area contributed by atoms with Gasteiger partial charge in [-0.15, -0.1) is 0 Å². The van der Waals surface area contributed by atoms with Crippen molar-refractivity contribution >= 4 is 23.4 Å². The highest BCUT2D eigenvalue weighted by Crippen LogP contribution is 2.46. The number of amides is 2. The van der Waals surface area contributed by atoms with Crippen molar-refractivity contribution in [3.63, 3.8) is 0 Å². The van der Waals surface area contributed by atoms with Crippen LogP contribution in [0.3, 0.4) is 0 Å². The van der Waals surface area contributed by atoms with Crippen LogP contribution in [0.4, 0.5) is 0 Å². The number of likely N-dealkylation sites (tertiary alicyclic amines) is 1. The number of halogens is 1. The maximum Gasteiger partial charge on any atom is 0.245 e. The van der Waals surface area contributed by atoms with Crippen LogP contribution in [0.2, 0.25) is 5.02 Å². The van der Waals surface area contributed by atoms with Crippen LogP contribution in [0.25, 0.3) is 0 Å². The normalized spacial score (nSPS) is 19.8. The molecule has 0 unspecified atom stereocenters. The van der Waals surface area contributed by atoms with Gasteiger partial charge < -0.3 is 15.3 Å². The van der Waals surface area contributed by atoms with E-state index in [9.17, 15) is 14.7 Å². The van der Waals surface area contributed by atoms with Gasteiger partial charge in [0.1, 0.15) is 6.04 Å². The van der Waals surface area contributed by atoms with Gasteiger partial charge in [0.2, 0.25) is 11.8 Å². The molecule has 0 radical (unpaired) electrons. The number of benzene rings is 3. The van der Waals surface area contributed by atoms with Crippen LogP contribution in [0.15, 0.2) is 84.9 Å². The monoisotopic (exact) mass is 532 g/mol. The highest BCUT2D eigenvalue weighted by atomic mass is 35.5. The van der Waals surface area contributed by atoms with Gasteiger partial charge in [-0.2, -0.15) is 0 Å². The summed E-state index contributed by atoms with van der Waals surface area (Å²) in [6.07, 6.45) is 0.392. The Kier molecular flexibility index (Phi) is 8.29. The van der Waals surface area contributed by atoms with Crippen molar-refractivity contribution in [1.82, 2.24) is 10.2 Å². The van der Waals surface area contributed by atoms with E-state index in [-0.39, 0.29) is 17.7 Å². The Morgan fingerprint density at radius 1 is 0.895 bits per heavy atom. The van der Waals surface area contributed by atoms with Gasteiger partial charge in [0, 0.05) is 23.5 Å². The molecule has 0 spiro atoms. The molecule has 3 aromatic carbocycles. The molecule has 1 heterocycles. The molecule has 200 valence electrons. The number of hydrogen-bond acceptors (Lipinski definition) is 3. The summed E-state index contributed by atoms with van der Waals surface area (Å²) in [7, 11) is 0. The Balaban J connectivity index is 1.55. The topological polar surface area (TPSA) is 69.6 Å². The molecular formula is C32H37ClN2O3. The molecule has 1 saturated heterocycles. The summed E-state index contributed by atoms with van der Waals surface area (Å²) in [6, 6.07) is 25.9. The molecule has 1 fully saturated rings. The Bertz CT molecular complexity index is 1210. The predicted molar refractivity (Wildman–Crippen MR) is 152 cm³/mol. The number of hydrogen-bond donors (Lipinski definition) is 2. The molecule has 0 bridgehead atoms. The second-order valence-corrected chi connectivity index (χ2v) is 11.7. The predicted octanol–water partition coefficient (Wildman–Crippen LogP) is 5.76. The van der Waals surface area contributed by atoms with Crippen molar-refractivity contribution in [3.05, 3.63) is 107 Å². The molecule has 0 saturated carbocycles. The zero-order valence-electron chi connectivity index (χ0n) is 22.5. The van der Waals surface area contributed by atoms with Crippen LogP contribution < -0.4 is 5.32 Å². The van der Waals surface area contributed by atoms with E-state index in [2.05, 4.69) is 5.32 Å². The lowest BCUT2D eigenvalue weighted by molar-refractivity contribution is -0.156. The molecule has 2 atom stereocenters. The van der Waals surface area contributed by atoms with Gasteiger partial charge in [0.15, 0.2) is 0 Å². The zero-order chi connectivity index (χ0) is 27.5. The molecular weight excluding hydrogens is 496 g/mol. The van der Waals surface area contributed by atoms with E-state index in [0.717, 1.165) is 16.7 Å². The first-order chi connectivity index (χ1) is 18.0. The number of nitrogens with zero attached hydrogens (tertiary/aromatic N) is 1. The number of carbonyl (C=O) groups excluding carboxylic acids is 2. The molecule has 3 aromatic rings. The molecule has 38 heavy (non-hydrogen) atoms. The highest BCUT2D eigenvalue weighted by molar-refractivity contribution is 6.30.